The number of pyridine rings is 1. The van der Waals surface area contributed by atoms with Gasteiger partial charge in [-0.1, -0.05) is 89.5 Å². The third kappa shape index (κ3) is 19.0. The lowest BCUT2D eigenvalue weighted by atomic mass is 10.0. The summed E-state index contributed by atoms with van der Waals surface area (Å²) in [6.45, 7) is 2.31. The first-order valence-corrected chi connectivity index (χ1v) is 13.0. The second-order valence-electron chi connectivity index (χ2n) is 8.77. The van der Waals surface area contributed by atoms with Gasteiger partial charge in [0.25, 0.3) is 5.91 Å². The molecule has 182 valence electrons. The molecule has 0 aliphatic heterocycles. The Labute approximate surface area is 196 Å². The largest absolute Gasteiger partial charge is 0.380 e. The van der Waals surface area contributed by atoms with Gasteiger partial charge in [-0.2, -0.15) is 4.57 Å². The molecule has 0 bridgehead atoms. The zero-order valence-corrected chi connectivity index (χ0v) is 20.3. The number of ether oxygens (including phenoxy) is 1. The first-order chi connectivity index (χ1) is 15.8. The minimum atomic E-state index is 0.0206. The molecule has 32 heavy (non-hydrogen) atoms. The molecule has 0 fully saturated rings. The molecule has 0 aromatic carbocycles. The molecule has 0 atom stereocenters. The minimum Gasteiger partial charge on any atom is -0.380 e. The molecule has 1 N–H and O–H groups in total. The second-order valence-corrected chi connectivity index (χ2v) is 8.77. The zero-order chi connectivity index (χ0) is 23.0. The number of nitrogens with zero attached hydrogens (tertiary/aromatic N) is 1. The van der Waals surface area contributed by atoms with Gasteiger partial charge in [0.05, 0.1) is 6.61 Å². The van der Waals surface area contributed by atoms with E-state index in [2.05, 4.69) is 5.32 Å². The number of amides is 1. The number of aldehydes is 1. The van der Waals surface area contributed by atoms with Crippen LogP contribution in [-0.2, 0) is 20.9 Å². The Bertz CT molecular complexity index is 551. The maximum absolute atomic E-state index is 11.8. The summed E-state index contributed by atoms with van der Waals surface area (Å²) < 4.78 is 7.48. The Balaban J connectivity index is 1.71. The first-order valence-electron chi connectivity index (χ1n) is 13.0. The summed E-state index contributed by atoms with van der Waals surface area (Å²) in [5, 5.41) is 2.89. The maximum atomic E-state index is 11.8. The van der Waals surface area contributed by atoms with Crippen molar-refractivity contribution in [3.63, 3.8) is 0 Å². The summed E-state index contributed by atoms with van der Waals surface area (Å²) in [5.41, 5.74) is 0. The predicted molar refractivity (Wildman–Crippen MR) is 130 cm³/mol. The van der Waals surface area contributed by atoms with Crippen molar-refractivity contribution in [2.45, 2.75) is 109 Å². The van der Waals surface area contributed by atoms with Gasteiger partial charge in [0, 0.05) is 31.7 Å². The van der Waals surface area contributed by atoms with Crippen molar-refractivity contribution in [2.75, 3.05) is 19.8 Å². The average Bonchev–Trinajstić information content (AvgIpc) is 2.80. The van der Waals surface area contributed by atoms with Crippen molar-refractivity contribution in [1.29, 1.82) is 0 Å². The Morgan fingerprint density at radius 1 is 0.688 bits per heavy atom. The van der Waals surface area contributed by atoms with Crippen LogP contribution in [-0.4, -0.2) is 32.0 Å². The van der Waals surface area contributed by atoms with E-state index < -0.39 is 0 Å². The van der Waals surface area contributed by atoms with Crippen molar-refractivity contribution >= 4 is 12.2 Å². The highest BCUT2D eigenvalue weighted by Gasteiger charge is 2.06. The summed E-state index contributed by atoms with van der Waals surface area (Å²) in [6.07, 6.45) is 25.1. The second kappa shape index (κ2) is 22.4. The van der Waals surface area contributed by atoms with Gasteiger partial charge in [-0.15, -0.1) is 0 Å². The number of aromatic nitrogens is 1. The van der Waals surface area contributed by atoms with Crippen LogP contribution in [0.25, 0.3) is 0 Å². The number of rotatable bonds is 23. The summed E-state index contributed by atoms with van der Waals surface area (Å²) >= 11 is 0. The summed E-state index contributed by atoms with van der Waals surface area (Å²) in [5.74, 6) is 0.0206. The molecule has 1 aromatic heterocycles. The van der Waals surface area contributed by atoms with E-state index in [-0.39, 0.29) is 5.91 Å². The van der Waals surface area contributed by atoms with Crippen LogP contribution in [0, 0.1) is 0 Å². The summed E-state index contributed by atoms with van der Waals surface area (Å²) in [6, 6.07) is 5.78. The maximum Gasteiger partial charge on any atom is 0.286 e. The third-order valence-corrected chi connectivity index (χ3v) is 5.78. The van der Waals surface area contributed by atoms with Crippen LogP contribution in [0.2, 0.25) is 0 Å². The van der Waals surface area contributed by atoms with Crippen LogP contribution in [0.3, 0.4) is 0 Å². The van der Waals surface area contributed by atoms with E-state index in [1.807, 2.05) is 35.2 Å². The van der Waals surface area contributed by atoms with E-state index in [1.165, 1.54) is 83.5 Å². The fourth-order valence-electron chi connectivity index (χ4n) is 3.86. The van der Waals surface area contributed by atoms with Crippen molar-refractivity contribution in [1.82, 2.24) is 5.32 Å². The molecule has 0 radical (unpaired) electrons. The molecule has 0 saturated heterocycles. The van der Waals surface area contributed by atoms with Crippen molar-refractivity contribution < 1.29 is 18.9 Å². The molecule has 0 aliphatic carbocycles. The molecule has 0 unspecified atom stereocenters. The zero-order valence-electron chi connectivity index (χ0n) is 20.3. The van der Waals surface area contributed by atoms with E-state index in [0.717, 1.165) is 32.2 Å². The highest BCUT2D eigenvalue weighted by Crippen LogP contribution is 2.13. The number of hydrogen-bond acceptors (Lipinski definition) is 3. The SMILES string of the molecule is O=CCCCCCCCCCCCCCCCCCOCCNC(=O)C[n+]1ccccc1. The van der Waals surface area contributed by atoms with Crippen LogP contribution >= 0.6 is 0 Å². The molecule has 5 nitrogen and oxygen atoms in total. The van der Waals surface area contributed by atoms with Crippen LogP contribution in [0.15, 0.2) is 30.6 Å². The molecule has 1 aromatic rings. The highest BCUT2D eigenvalue weighted by molar-refractivity contribution is 5.74. The standard InChI is InChI=1S/C27H46N2O3/c30-23-18-13-11-9-7-5-3-1-2-4-6-8-10-12-14-19-24-32-25-20-28-27(31)26-29-21-16-15-17-22-29/h15-17,21-23H,1-14,18-20,24-26H2/p+1. The van der Waals surface area contributed by atoms with E-state index in [1.54, 1.807) is 0 Å². The van der Waals surface area contributed by atoms with Crippen LogP contribution in [0.1, 0.15) is 103 Å². The Hall–Kier alpha value is -1.75. The lowest BCUT2D eigenvalue weighted by molar-refractivity contribution is -0.684. The normalized spacial score (nSPS) is 10.9. The van der Waals surface area contributed by atoms with Crippen LogP contribution in [0.4, 0.5) is 0 Å². The Morgan fingerprint density at radius 2 is 1.19 bits per heavy atom. The van der Waals surface area contributed by atoms with Gasteiger partial charge < -0.3 is 14.8 Å². The first kappa shape index (κ1) is 28.3. The average molecular weight is 448 g/mol. The van der Waals surface area contributed by atoms with Gasteiger partial charge in [-0.05, 0) is 12.8 Å². The van der Waals surface area contributed by atoms with Gasteiger partial charge in [-0.3, -0.25) is 4.79 Å². The van der Waals surface area contributed by atoms with E-state index in [0.29, 0.717) is 19.7 Å². The third-order valence-electron chi connectivity index (χ3n) is 5.78. The molecule has 1 heterocycles. The minimum absolute atomic E-state index is 0.0206. The molecular weight excluding hydrogens is 400 g/mol. The van der Waals surface area contributed by atoms with Gasteiger partial charge in [0.15, 0.2) is 12.4 Å². The number of hydrogen-bond donors (Lipinski definition) is 1. The van der Waals surface area contributed by atoms with E-state index >= 15 is 0 Å². The number of unbranched alkanes of at least 4 members (excludes halogenated alkanes) is 15. The molecule has 0 saturated carbocycles. The van der Waals surface area contributed by atoms with Crippen LogP contribution in [0.5, 0.6) is 0 Å². The van der Waals surface area contributed by atoms with E-state index in [9.17, 15) is 9.59 Å². The molecule has 1 amide bonds. The number of nitrogens with one attached hydrogen (secondary N) is 1. The molecule has 1 rings (SSSR count). The smallest absolute Gasteiger partial charge is 0.286 e. The van der Waals surface area contributed by atoms with Gasteiger partial charge >= 0.3 is 0 Å². The molecule has 5 heteroatoms. The summed E-state index contributed by atoms with van der Waals surface area (Å²) in [4.78, 5) is 22.1. The monoisotopic (exact) mass is 447 g/mol. The van der Waals surface area contributed by atoms with E-state index in [4.69, 9.17) is 4.74 Å². The molecular formula is C27H47N2O3+. The molecule has 0 spiro atoms. The van der Waals surface area contributed by atoms with Gasteiger partial charge in [-0.25, -0.2) is 0 Å². The number of carbonyl (C=O) groups is 2. The van der Waals surface area contributed by atoms with Crippen molar-refractivity contribution in [3.05, 3.63) is 30.6 Å². The van der Waals surface area contributed by atoms with Gasteiger partial charge in [0.1, 0.15) is 6.29 Å². The number of carbonyl (C=O) groups excluding carboxylic acids is 2. The van der Waals surface area contributed by atoms with Crippen molar-refractivity contribution in [2.24, 2.45) is 0 Å². The lowest BCUT2D eigenvalue weighted by Crippen LogP contribution is -2.43. The summed E-state index contributed by atoms with van der Waals surface area (Å²) in [7, 11) is 0. The fourth-order valence-corrected chi connectivity index (χ4v) is 3.86. The topological polar surface area (TPSA) is 59.3 Å². The highest BCUT2D eigenvalue weighted by atomic mass is 16.5. The van der Waals surface area contributed by atoms with Crippen LogP contribution < -0.4 is 9.88 Å². The Kier molecular flexibility index (Phi) is 19.8. The predicted octanol–water partition coefficient (Wildman–Crippen LogP) is 5.55. The fraction of sp³-hybridized carbons (Fsp3) is 0.741. The quantitative estimate of drug-likeness (QED) is 0.136. The van der Waals surface area contributed by atoms with Crippen molar-refractivity contribution in [3.8, 4) is 0 Å². The lowest BCUT2D eigenvalue weighted by Gasteiger charge is -2.06. The molecule has 0 aliphatic rings. The van der Waals surface area contributed by atoms with Gasteiger partial charge in [0.2, 0.25) is 6.54 Å². The Morgan fingerprint density at radius 3 is 1.72 bits per heavy atom.